The van der Waals surface area contributed by atoms with Gasteiger partial charge in [-0.05, 0) is 48.5 Å². The van der Waals surface area contributed by atoms with Gasteiger partial charge in [0.1, 0.15) is 0 Å². The van der Waals surface area contributed by atoms with Gasteiger partial charge in [-0.3, -0.25) is 9.59 Å². The minimum Gasteiger partial charge on any atom is -0.325 e. The van der Waals surface area contributed by atoms with Crippen LogP contribution in [0.25, 0.3) is 20.4 Å². The van der Waals surface area contributed by atoms with Crippen molar-refractivity contribution in [1.29, 1.82) is 0 Å². The van der Waals surface area contributed by atoms with E-state index < -0.39 is 0 Å². The topological polar surface area (TPSA) is 84.0 Å². The lowest BCUT2D eigenvalue weighted by atomic mass is 10.3. The minimum absolute atomic E-state index is 0.103. The Bertz CT molecular complexity index is 1290. The number of nitrogens with zero attached hydrogens (tertiary/aromatic N) is 2. The van der Waals surface area contributed by atoms with Crippen LogP contribution >= 0.6 is 46.2 Å². The maximum absolute atomic E-state index is 12.3. The molecule has 5 aromatic rings. The summed E-state index contributed by atoms with van der Waals surface area (Å²) in [5, 5.41) is 5.76. The zero-order valence-corrected chi connectivity index (χ0v) is 21.0. The molecule has 0 aliphatic rings. The monoisotopic (exact) mass is 522 g/mol. The number of hydrogen-bond donors (Lipinski definition) is 2. The minimum atomic E-state index is -0.103. The van der Waals surface area contributed by atoms with Gasteiger partial charge in [0.15, 0.2) is 8.68 Å². The molecule has 0 aliphatic carbocycles. The Morgan fingerprint density at radius 3 is 1.47 bits per heavy atom. The third-order valence-corrected chi connectivity index (χ3v) is 9.01. The lowest BCUT2D eigenvalue weighted by molar-refractivity contribution is -0.114. The van der Waals surface area contributed by atoms with Crippen LogP contribution < -0.4 is 10.6 Å². The zero-order chi connectivity index (χ0) is 23.3. The molecule has 0 bridgehead atoms. The summed E-state index contributed by atoms with van der Waals surface area (Å²) in [6, 6.07) is 23.0. The lowest BCUT2D eigenvalue weighted by Gasteiger charge is -2.07. The molecule has 0 radical (unpaired) electrons. The summed E-state index contributed by atoms with van der Waals surface area (Å²) in [4.78, 5) is 33.7. The lowest BCUT2D eigenvalue weighted by Crippen LogP contribution is -2.15. The van der Waals surface area contributed by atoms with Crippen LogP contribution in [0.5, 0.6) is 0 Å². The second-order valence-electron chi connectivity index (χ2n) is 7.15. The molecule has 0 saturated carbocycles. The standard InChI is InChI=1S/C24H18N4O2S4/c29-21(13-31-23-27-17-5-1-3-7-19(17)33-23)25-15-9-11-16(12-10-15)26-22(30)14-32-24-28-18-6-2-4-8-20(18)34-24/h1-12H,13-14H2,(H,25,29)(H,26,30). The third-order valence-electron chi connectivity index (χ3n) is 4.65. The number of carbonyl (C=O) groups excluding carboxylic acids is 2. The first-order chi connectivity index (χ1) is 16.6. The quantitative estimate of drug-likeness (QED) is 0.231. The van der Waals surface area contributed by atoms with E-state index in [4.69, 9.17) is 0 Å². The number of anilines is 2. The van der Waals surface area contributed by atoms with Crippen LogP contribution in [-0.2, 0) is 9.59 Å². The van der Waals surface area contributed by atoms with E-state index in [0.29, 0.717) is 11.4 Å². The summed E-state index contributed by atoms with van der Waals surface area (Å²) in [6.45, 7) is 0. The summed E-state index contributed by atoms with van der Waals surface area (Å²) in [7, 11) is 0. The van der Waals surface area contributed by atoms with Crippen molar-refractivity contribution in [2.24, 2.45) is 0 Å². The molecule has 2 N–H and O–H groups in total. The number of nitrogens with one attached hydrogen (secondary N) is 2. The summed E-state index contributed by atoms with van der Waals surface area (Å²) in [6.07, 6.45) is 0. The Labute approximate surface area is 212 Å². The molecule has 0 fully saturated rings. The molecule has 10 heteroatoms. The smallest absolute Gasteiger partial charge is 0.234 e. The number of aromatic nitrogens is 2. The predicted molar refractivity (Wildman–Crippen MR) is 144 cm³/mol. The van der Waals surface area contributed by atoms with E-state index in [-0.39, 0.29) is 23.3 Å². The highest BCUT2D eigenvalue weighted by Crippen LogP contribution is 2.30. The number of para-hydroxylation sites is 2. The number of amides is 2. The highest BCUT2D eigenvalue weighted by molar-refractivity contribution is 8.02. The van der Waals surface area contributed by atoms with Gasteiger partial charge in [-0.2, -0.15) is 0 Å². The average molecular weight is 523 g/mol. The van der Waals surface area contributed by atoms with Crippen LogP contribution in [-0.4, -0.2) is 33.3 Å². The van der Waals surface area contributed by atoms with Gasteiger partial charge >= 0.3 is 0 Å². The SMILES string of the molecule is O=C(CSc1nc2ccccc2s1)Nc1ccc(NC(=O)CSc2nc3ccccc3s2)cc1. The molecule has 0 spiro atoms. The third kappa shape index (κ3) is 5.76. The second-order valence-corrected chi connectivity index (χ2v) is 11.7. The Morgan fingerprint density at radius 2 is 1.06 bits per heavy atom. The Balaban J connectivity index is 1.08. The number of fused-ring (bicyclic) bond motifs is 2. The van der Waals surface area contributed by atoms with Gasteiger partial charge in [0.05, 0.1) is 31.9 Å². The van der Waals surface area contributed by atoms with E-state index in [1.807, 2.05) is 48.5 Å². The van der Waals surface area contributed by atoms with Crippen LogP contribution in [0.4, 0.5) is 11.4 Å². The fourth-order valence-electron chi connectivity index (χ4n) is 3.11. The molecule has 0 unspecified atom stereocenters. The Kier molecular flexibility index (Phi) is 7.10. The number of carbonyl (C=O) groups is 2. The van der Waals surface area contributed by atoms with Crippen molar-refractivity contribution >= 4 is 89.8 Å². The highest BCUT2D eigenvalue weighted by atomic mass is 32.2. The second kappa shape index (κ2) is 10.6. The van der Waals surface area contributed by atoms with Crippen LogP contribution in [0.2, 0.25) is 0 Å². The van der Waals surface area contributed by atoms with Crippen LogP contribution in [0, 0.1) is 0 Å². The molecular formula is C24H18N4O2S4. The van der Waals surface area contributed by atoms with Gasteiger partial charge in [0.2, 0.25) is 11.8 Å². The normalized spacial score (nSPS) is 11.1. The first kappa shape index (κ1) is 22.9. The molecule has 2 amide bonds. The van der Waals surface area contributed by atoms with E-state index in [1.54, 1.807) is 46.9 Å². The summed E-state index contributed by atoms with van der Waals surface area (Å²) in [5.41, 5.74) is 3.26. The van der Waals surface area contributed by atoms with E-state index in [0.717, 1.165) is 29.1 Å². The van der Waals surface area contributed by atoms with Gasteiger partial charge in [0.25, 0.3) is 0 Å². The number of rotatable bonds is 8. The van der Waals surface area contributed by atoms with E-state index in [9.17, 15) is 9.59 Å². The molecule has 6 nitrogen and oxygen atoms in total. The van der Waals surface area contributed by atoms with Crippen molar-refractivity contribution in [3.8, 4) is 0 Å². The van der Waals surface area contributed by atoms with Crippen molar-refractivity contribution < 1.29 is 9.59 Å². The number of thiazole rings is 2. The molecule has 3 aromatic carbocycles. The largest absolute Gasteiger partial charge is 0.325 e. The molecule has 2 aromatic heterocycles. The van der Waals surface area contributed by atoms with Crippen LogP contribution in [0.15, 0.2) is 81.5 Å². The molecule has 0 saturated heterocycles. The molecular weight excluding hydrogens is 505 g/mol. The van der Waals surface area contributed by atoms with E-state index in [1.165, 1.54) is 23.5 Å². The Morgan fingerprint density at radius 1 is 0.647 bits per heavy atom. The predicted octanol–water partition coefficient (Wildman–Crippen LogP) is 6.37. The van der Waals surface area contributed by atoms with Crippen LogP contribution in [0.3, 0.4) is 0 Å². The van der Waals surface area contributed by atoms with Gasteiger partial charge in [-0.1, -0.05) is 47.8 Å². The van der Waals surface area contributed by atoms with Crippen molar-refractivity contribution in [3.63, 3.8) is 0 Å². The fraction of sp³-hybridized carbons (Fsp3) is 0.0833. The maximum Gasteiger partial charge on any atom is 0.234 e. The molecule has 0 aliphatic heterocycles. The zero-order valence-electron chi connectivity index (χ0n) is 17.7. The van der Waals surface area contributed by atoms with Gasteiger partial charge in [-0.25, -0.2) is 9.97 Å². The Hall–Kier alpha value is -2.92. The highest BCUT2D eigenvalue weighted by Gasteiger charge is 2.10. The maximum atomic E-state index is 12.3. The number of thioether (sulfide) groups is 2. The summed E-state index contributed by atoms with van der Waals surface area (Å²) in [5.74, 6) is 0.351. The van der Waals surface area contributed by atoms with Gasteiger partial charge in [0, 0.05) is 11.4 Å². The van der Waals surface area contributed by atoms with E-state index >= 15 is 0 Å². The van der Waals surface area contributed by atoms with Crippen LogP contribution in [0.1, 0.15) is 0 Å². The number of hydrogen-bond acceptors (Lipinski definition) is 8. The first-order valence-corrected chi connectivity index (χ1v) is 13.9. The van der Waals surface area contributed by atoms with Gasteiger partial charge < -0.3 is 10.6 Å². The van der Waals surface area contributed by atoms with Gasteiger partial charge in [-0.15, -0.1) is 22.7 Å². The molecule has 2 heterocycles. The molecule has 0 atom stereocenters. The van der Waals surface area contributed by atoms with Crippen molar-refractivity contribution in [2.45, 2.75) is 8.68 Å². The first-order valence-electron chi connectivity index (χ1n) is 10.3. The average Bonchev–Trinajstić information content (AvgIpc) is 3.46. The fourth-order valence-corrected chi connectivity index (χ4v) is 6.85. The summed E-state index contributed by atoms with van der Waals surface area (Å²) >= 11 is 6.01. The molecule has 170 valence electrons. The van der Waals surface area contributed by atoms with Crippen molar-refractivity contribution in [3.05, 3.63) is 72.8 Å². The van der Waals surface area contributed by atoms with Crippen molar-refractivity contribution in [2.75, 3.05) is 22.1 Å². The van der Waals surface area contributed by atoms with Crippen molar-refractivity contribution in [1.82, 2.24) is 9.97 Å². The number of benzene rings is 3. The molecule has 5 rings (SSSR count). The summed E-state index contributed by atoms with van der Waals surface area (Å²) < 4.78 is 3.97. The molecule has 34 heavy (non-hydrogen) atoms. The van der Waals surface area contributed by atoms with E-state index in [2.05, 4.69) is 20.6 Å².